The number of hydrogen-bond donors (Lipinski definition) is 2. The van der Waals surface area contributed by atoms with Crippen LogP contribution in [0.4, 0.5) is 11.4 Å². The summed E-state index contributed by atoms with van der Waals surface area (Å²) >= 11 is 12.4. The molecule has 5 nitrogen and oxygen atoms in total. The highest BCUT2D eigenvalue weighted by molar-refractivity contribution is 7.92. The quantitative estimate of drug-likeness (QED) is 0.405. The average Bonchev–Trinajstić information content (AvgIpc) is 3.48. The lowest BCUT2D eigenvalue weighted by atomic mass is 9.77. The lowest BCUT2D eigenvalue weighted by Gasteiger charge is -2.38. The van der Waals surface area contributed by atoms with Gasteiger partial charge in [0.1, 0.15) is 5.75 Å². The van der Waals surface area contributed by atoms with Gasteiger partial charge in [0.15, 0.2) is 0 Å². The predicted molar refractivity (Wildman–Crippen MR) is 136 cm³/mol. The van der Waals surface area contributed by atoms with Crippen LogP contribution < -0.4 is 9.62 Å². The number of sulfonamides is 1. The van der Waals surface area contributed by atoms with E-state index in [4.69, 9.17) is 23.2 Å². The molecule has 0 radical (unpaired) electrons. The molecule has 174 valence electrons. The van der Waals surface area contributed by atoms with E-state index in [1.165, 1.54) is 10.4 Å². The Bertz CT molecular complexity index is 1450. The first-order valence-corrected chi connectivity index (χ1v) is 13.4. The summed E-state index contributed by atoms with van der Waals surface area (Å²) < 4.78 is 28.7. The first-order valence-electron chi connectivity index (χ1n) is 11.2. The van der Waals surface area contributed by atoms with E-state index < -0.39 is 10.0 Å². The zero-order chi connectivity index (χ0) is 23.6. The smallest absolute Gasteiger partial charge is 0.264 e. The number of anilines is 2. The second-order valence-corrected chi connectivity index (χ2v) is 11.7. The van der Waals surface area contributed by atoms with Gasteiger partial charge < -0.3 is 10.4 Å². The van der Waals surface area contributed by atoms with E-state index >= 15 is 0 Å². The molecule has 0 fully saturated rings. The van der Waals surface area contributed by atoms with Crippen LogP contribution >= 0.6 is 23.2 Å². The lowest BCUT2D eigenvalue weighted by Crippen LogP contribution is -2.31. The van der Waals surface area contributed by atoms with Crippen molar-refractivity contribution in [3.05, 3.63) is 93.5 Å². The molecule has 3 aromatic carbocycles. The molecular weight excluding hydrogens is 491 g/mol. The number of allylic oxidation sites excluding steroid dienone is 2. The standard InChI is InChI=1S/C26H22Cl2N2O3S/c27-16-12-21(26(31)22(28)13-16)25-19-6-3-5-18(19)20-14-17(8-9-23(20)29-25)34(32,33)30-11-10-15-4-1-2-7-24(15)30/h1-5,7-9,12-14,18-19,25,29,31H,6,10-11H2. The molecule has 1 aliphatic carbocycles. The zero-order valence-corrected chi connectivity index (χ0v) is 20.4. The molecule has 0 spiro atoms. The Labute approximate surface area is 208 Å². The van der Waals surface area contributed by atoms with Crippen LogP contribution in [-0.4, -0.2) is 20.1 Å². The van der Waals surface area contributed by atoms with Crippen molar-refractivity contribution in [1.29, 1.82) is 0 Å². The van der Waals surface area contributed by atoms with Crippen molar-refractivity contribution in [2.75, 3.05) is 16.2 Å². The third-order valence-corrected chi connectivity index (χ3v) is 9.48. The summed E-state index contributed by atoms with van der Waals surface area (Å²) in [6, 6.07) is 16.0. The molecular formula is C26H22Cl2N2O3S. The van der Waals surface area contributed by atoms with Crippen molar-refractivity contribution in [1.82, 2.24) is 0 Å². The summed E-state index contributed by atoms with van der Waals surface area (Å²) in [6.07, 6.45) is 5.74. The van der Waals surface area contributed by atoms with E-state index in [1.807, 2.05) is 30.3 Å². The molecule has 0 bridgehead atoms. The van der Waals surface area contributed by atoms with E-state index in [-0.39, 0.29) is 33.5 Å². The van der Waals surface area contributed by atoms with Crippen molar-refractivity contribution in [3.63, 3.8) is 0 Å². The minimum absolute atomic E-state index is 0.0134. The Morgan fingerprint density at radius 3 is 2.71 bits per heavy atom. The lowest BCUT2D eigenvalue weighted by molar-refractivity contribution is 0.402. The molecule has 3 aliphatic rings. The molecule has 0 saturated heterocycles. The summed E-state index contributed by atoms with van der Waals surface area (Å²) in [5.41, 5.74) is 4.23. The number of para-hydroxylation sites is 1. The minimum Gasteiger partial charge on any atom is -0.506 e. The van der Waals surface area contributed by atoms with Gasteiger partial charge in [0.05, 0.1) is 21.6 Å². The predicted octanol–water partition coefficient (Wildman–Crippen LogP) is 6.28. The molecule has 34 heavy (non-hydrogen) atoms. The highest BCUT2D eigenvalue weighted by Gasteiger charge is 2.40. The molecule has 8 heteroatoms. The summed E-state index contributed by atoms with van der Waals surface area (Å²) in [5, 5.41) is 14.8. The van der Waals surface area contributed by atoms with E-state index in [2.05, 4.69) is 17.5 Å². The maximum absolute atomic E-state index is 13.6. The fourth-order valence-corrected chi connectivity index (χ4v) is 7.60. The summed E-state index contributed by atoms with van der Waals surface area (Å²) in [7, 11) is -3.69. The van der Waals surface area contributed by atoms with Crippen LogP contribution in [0.1, 0.15) is 35.1 Å². The number of rotatable bonds is 3. The molecule has 3 unspecified atom stereocenters. The van der Waals surface area contributed by atoms with Crippen molar-refractivity contribution in [3.8, 4) is 5.75 Å². The van der Waals surface area contributed by atoms with Crippen molar-refractivity contribution in [2.24, 2.45) is 5.92 Å². The van der Waals surface area contributed by atoms with Gasteiger partial charge in [-0.05, 0) is 66.3 Å². The third kappa shape index (κ3) is 3.31. The number of phenols is 1. The number of fused-ring (bicyclic) bond motifs is 4. The number of halogens is 2. The SMILES string of the molecule is O=S(=O)(c1ccc2c(c1)C1C=CCC1C(c1cc(Cl)cc(Cl)c1O)N2)N1CCc2ccccc21. The molecule has 6 rings (SSSR count). The number of hydrogen-bond acceptors (Lipinski definition) is 4. The summed E-state index contributed by atoms with van der Waals surface area (Å²) in [4.78, 5) is 0.288. The molecule has 0 amide bonds. The van der Waals surface area contributed by atoms with E-state index in [1.54, 1.807) is 18.2 Å². The Morgan fingerprint density at radius 2 is 1.85 bits per heavy atom. The van der Waals surface area contributed by atoms with Crippen LogP contribution in [0, 0.1) is 5.92 Å². The van der Waals surface area contributed by atoms with Gasteiger partial charge in [-0.3, -0.25) is 4.31 Å². The van der Waals surface area contributed by atoms with Crippen LogP contribution in [0.2, 0.25) is 10.0 Å². The maximum atomic E-state index is 13.6. The largest absolute Gasteiger partial charge is 0.506 e. The molecule has 2 N–H and O–H groups in total. The fraction of sp³-hybridized carbons (Fsp3) is 0.231. The van der Waals surface area contributed by atoms with Gasteiger partial charge in [-0.2, -0.15) is 0 Å². The van der Waals surface area contributed by atoms with Gasteiger partial charge >= 0.3 is 0 Å². The Hall–Kier alpha value is -2.67. The van der Waals surface area contributed by atoms with Crippen molar-refractivity contribution < 1.29 is 13.5 Å². The summed E-state index contributed by atoms with van der Waals surface area (Å²) in [6.45, 7) is 0.444. The Balaban J connectivity index is 1.40. The van der Waals surface area contributed by atoms with Gasteiger partial charge in [-0.25, -0.2) is 8.42 Å². The van der Waals surface area contributed by atoms with Crippen molar-refractivity contribution in [2.45, 2.75) is 29.7 Å². The number of nitrogens with one attached hydrogen (secondary N) is 1. The first kappa shape index (κ1) is 21.8. The third-order valence-electron chi connectivity index (χ3n) is 7.16. The molecule has 2 heterocycles. The molecule has 3 atom stereocenters. The molecule has 2 aliphatic heterocycles. The minimum atomic E-state index is -3.69. The normalized spacial score (nSPS) is 22.8. The monoisotopic (exact) mass is 512 g/mol. The van der Waals surface area contributed by atoms with Gasteiger partial charge in [0, 0.05) is 28.7 Å². The Morgan fingerprint density at radius 1 is 1.03 bits per heavy atom. The molecule has 0 saturated carbocycles. The second-order valence-electron chi connectivity index (χ2n) is 9.01. The zero-order valence-electron chi connectivity index (χ0n) is 18.1. The number of benzene rings is 3. The van der Waals surface area contributed by atoms with Gasteiger partial charge in [0.2, 0.25) is 0 Å². The Kier molecular flexibility index (Phi) is 5.10. The second kappa shape index (κ2) is 7.94. The van der Waals surface area contributed by atoms with Crippen LogP contribution in [0.5, 0.6) is 5.75 Å². The van der Waals surface area contributed by atoms with Crippen LogP contribution in [-0.2, 0) is 16.4 Å². The van der Waals surface area contributed by atoms with Crippen molar-refractivity contribution >= 4 is 44.6 Å². The van der Waals surface area contributed by atoms with Crippen LogP contribution in [0.25, 0.3) is 0 Å². The van der Waals surface area contributed by atoms with Gasteiger partial charge in [0.25, 0.3) is 10.0 Å². The van der Waals surface area contributed by atoms with Crippen LogP contribution in [0.15, 0.2) is 71.6 Å². The number of aromatic hydroxyl groups is 1. The van der Waals surface area contributed by atoms with E-state index in [0.29, 0.717) is 23.6 Å². The highest BCUT2D eigenvalue weighted by atomic mass is 35.5. The topological polar surface area (TPSA) is 69.6 Å². The first-order chi connectivity index (χ1) is 16.3. The van der Waals surface area contributed by atoms with Crippen LogP contribution in [0.3, 0.4) is 0 Å². The van der Waals surface area contributed by atoms with Gasteiger partial charge in [-0.1, -0.05) is 53.6 Å². The average molecular weight is 513 g/mol. The fourth-order valence-electron chi connectivity index (χ4n) is 5.55. The molecule has 3 aromatic rings. The highest BCUT2D eigenvalue weighted by Crippen LogP contribution is 2.52. The van der Waals surface area contributed by atoms with E-state index in [9.17, 15) is 13.5 Å². The number of phenolic OH excluding ortho intramolecular Hbond substituents is 1. The maximum Gasteiger partial charge on any atom is 0.264 e. The summed E-state index contributed by atoms with van der Waals surface area (Å²) in [5.74, 6) is 0.127. The van der Waals surface area contributed by atoms with E-state index in [0.717, 1.165) is 28.9 Å². The number of nitrogens with zero attached hydrogens (tertiary/aromatic N) is 1. The van der Waals surface area contributed by atoms with Gasteiger partial charge in [-0.15, -0.1) is 0 Å². The molecule has 0 aromatic heterocycles.